The van der Waals surface area contributed by atoms with Crippen LogP contribution in [0.4, 0.5) is 4.79 Å². The summed E-state index contributed by atoms with van der Waals surface area (Å²) >= 11 is 0. The topological polar surface area (TPSA) is 41.6 Å². The van der Waals surface area contributed by atoms with Gasteiger partial charge in [-0.2, -0.15) is 0 Å². The number of rotatable bonds is 1. The molecule has 0 aromatic carbocycles. The number of hydrogen-bond acceptors (Lipinski definition) is 3. The fraction of sp³-hybridized carbons (Fsp3) is 0.909. The monoisotopic (exact) mass is 214 g/mol. The van der Waals surface area contributed by atoms with Gasteiger partial charge in [0.15, 0.2) is 0 Å². The Labute approximate surface area is 92.0 Å². The minimum Gasteiger partial charge on any atom is -0.444 e. The van der Waals surface area contributed by atoms with E-state index in [4.69, 9.17) is 4.74 Å². The van der Waals surface area contributed by atoms with Crippen LogP contribution in [0.15, 0.2) is 0 Å². The molecule has 2 atom stereocenters. The lowest BCUT2D eigenvalue weighted by Crippen LogP contribution is -2.40. The second-order valence-electron chi connectivity index (χ2n) is 5.20. The normalized spacial score (nSPS) is 26.9. The maximum Gasteiger partial charge on any atom is 0.410 e. The van der Waals surface area contributed by atoms with Crippen molar-refractivity contribution in [2.24, 2.45) is 0 Å². The Morgan fingerprint density at radius 1 is 1.47 bits per heavy atom. The van der Waals surface area contributed by atoms with Crippen LogP contribution in [-0.2, 0) is 4.74 Å². The molecule has 88 valence electrons. The first-order valence-electron chi connectivity index (χ1n) is 5.50. The SMILES string of the molecule is CN[C@@H]1C[C@H](C)N(C(=O)OC(C)(C)C)C1. The third-order valence-corrected chi connectivity index (χ3v) is 2.61. The van der Waals surface area contributed by atoms with Gasteiger partial charge in [0.1, 0.15) is 5.60 Å². The number of nitrogens with one attached hydrogen (secondary N) is 1. The van der Waals surface area contributed by atoms with E-state index >= 15 is 0 Å². The molecule has 1 aliphatic heterocycles. The number of likely N-dealkylation sites (N-methyl/N-ethyl adjacent to an activating group) is 1. The Bertz CT molecular complexity index is 235. The first kappa shape index (κ1) is 12.3. The summed E-state index contributed by atoms with van der Waals surface area (Å²) in [6.07, 6.45) is 0.795. The molecule has 0 bridgehead atoms. The molecule has 1 amide bonds. The Kier molecular flexibility index (Phi) is 3.60. The van der Waals surface area contributed by atoms with E-state index in [1.807, 2.05) is 27.8 Å². The molecular weight excluding hydrogens is 192 g/mol. The molecule has 4 heteroatoms. The molecular formula is C11H22N2O2. The van der Waals surface area contributed by atoms with E-state index in [1.54, 1.807) is 4.90 Å². The fourth-order valence-corrected chi connectivity index (χ4v) is 1.82. The van der Waals surface area contributed by atoms with Crippen molar-refractivity contribution in [2.75, 3.05) is 13.6 Å². The van der Waals surface area contributed by atoms with Crippen molar-refractivity contribution in [2.45, 2.75) is 51.8 Å². The number of hydrogen-bond donors (Lipinski definition) is 1. The van der Waals surface area contributed by atoms with Crippen molar-refractivity contribution >= 4 is 6.09 Å². The minimum absolute atomic E-state index is 0.201. The van der Waals surface area contributed by atoms with Crippen LogP contribution in [0.25, 0.3) is 0 Å². The Hall–Kier alpha value is -0.770. The summed E-state index contributed by atoms with van der Waals surface area (Å²) in [7, 11) is 1.93. The summed E-state index contributed by atoms with van der Waals surface area (Å²) in [5.41, 5.74) is -0.408. The third kappa shape index (κ3) is 3.38. The summed E-state index contributed by atoms with van der Waals surface area (Å²) in [5, 5.41) is 3.19. The summed E-state index contributed by atoms with van der Waals surface area (Å²) in [6.45, 7) is 8.47. The first-order valence-corrected chi connectivity index (χ1v) is 5.50. The first-order chi connectivity index (χ1) is 6.83. The second-order valence-corrected chi connectivity index (χ2v) is 5.20. The highest BCUT2D eigenvalue weighted by Gasteiger charge is 2.34. The van der Waals surface area contributed by atoms with Gasteiger partial charge in [0.05, 0.1) is 0 Å². The van der Waals surface area contributed by atoms with Crippen molar-refractivity contribution in [1.82, 2.24) is 10.2 Å². The van der Waals surface area contributed by atoms with E-state index in [0.29, 0.717) is 6.04 Å². The van der Waals surface area contributed by atoms with Crippen LogP contribution < -0.4 is 5.32 Å². The molecule has 0 radical (unpaired) electrons. The van der Waals surface area contributed by atoms with E-state index in [9.17, 15) is 4.79 Å². The summed E-state index contributed by atoms with van der Waals surface area (Å²) in [5.74, 6) is 0. The zero-order valence-electron chi connectivity index (χ0n) is 10.3. The number of likely N-dealkylation sites (tertiary alicyclic amines) is 1. The van der Waals surface area contributed by atoms with Gasteiger partial charge in [0, 0.05) is 18.6 Å². The maximum atomic E-state index is 11.8. The molecule has 15 heavy (non-hydrogen) atoms. The van der Waals surface area contributed by atoms with Crippen LogP contribution in [0.1, 0.15) is 34.1 Å². The molecule has 1 saturated heterocycles. The average molecular weight is 214 g/mol. The van der Waals surface area contributed by atoms with Crippen LogP contribution >= 0.6 is 0 Å². The summed E-state index contributed by atoms with van der Waals surface area (Å²) in [6, 6.07) is 0.657. The van der Waals surface area contributed by atoms with Gasteiger partial charge in [-0.15, -0.1) is 0 Å². The molecule has 1 aliphatic rings. The highest BCUT2D eigenvalue weighted by atomic mass is 16.6. The summed E-state index contributed by atoms with van der Waals surface area (Å²) < 4.78 is 5.34. The van der Waals surface area contributed by atoms with Crippen molar-refractivity contribution < 1.29 is 9.53 Å². The van der Waals surface area contributed by atoms with Gasteiger partial charge in [-0.1, -0.05) is 0 Å². The fourth-order valence-electron chi connectivity index (χ4n) is 1.82. The maximum absolute atomic E-state index is 11.8. The van der Waals surface area contributed by atoms with Gasteiger partial charge in [0.2, 0.25) is 0 Å². The molecule has 0 aliphatic carbocycles. The van der Waals surface area contributed by atoms with E-state index in [0.717, 1.165) is 13.0 Å². The standard InChI is InChI=1S/C11H22N2O2/c1-8-6-9(12-5)7-13(8)10(14)15-11(2,3)4/h8-9,12H,6-7H2,1-5H3/t8-,9+/m0/s1. The predicted molar refractivity (Wildman–Crippen MR) is 59.9 cm³/mol. The van der Waals surface area contributed by atoms with E-state index in [-0.39, 0.29) is 12.1 Å². The van der Waals surface area contributed by atoms with Gasteiger partial charge in [-0.05, 0) is 41.2 Å². The van der Waals surface area contributed by atoms with Crippen LogP contribution in [0.3, 0.4) is 0 Å². The lowest BCUT2D eigenvalue weighted by molar-refractivity contribution is 0.0236. The molecule has 4 nitrogen and oxygen atoms in total. The van der Waals surface area contributed by atoms with Crippen molar-refractivity contribution in [3.8, 4) is 0 Å². The number of carbonyl (C=O) groups is 1. The molecule has 0 saturated carbocycles. The third-order valence-electron chi connectivity index (χ3n) is 2.61. The molecule has 0 aromatic rings. The van der Waals surface area contributed by atoms with Crippen molar-refractivity contribution in [3.05, 3.63) is 0 Å². The van der Waals surface area contributed by atoms with Gasteiger partial charge >= 0.3 is 6.09 Å². The predicted octanol–water partition coefficient (Wildman–Crippen LogP) is 1.60. The molecule has 0 spiro atoms. The lowest BCUT2D eigenvalue weighted by Gasteiger charge is -2.26. The minimum atomic E-state index is -0.408. The van der Waals surface area contributed by atoms with Gasteiger partial charge < -0.3 is 15.0 Å². The molecule has 1 rings (SSSR count). The number of ether oxygens (including phenoxy) is 1. The van der Waals surface area contributed by atoms with Crippen LogP contribution in [0.5, 0.6) is 0 Å². The zero-order valence-corrected chi connectivity index (χ0v) is 10.3. The van der Waals surface area contributed by atoms with Gasteiger partial charge in [-0.25, -0.2) is 4.79 Å². The van der Waals surface area contributed by atoms with E-state index in [1.165, 1.54) is 0 Å². The smallest absolute Gasteiger partial charge is 0.410 e. The highest BCUT2D eigenvalue weighted by molar-refractivity contribution is 5.69. The number of amides is 1. The highest BCUT2D eigenvalue weighted by Crippen LogP contribution is 2.20. The molecule has 1 N–H and O–H groups in total. The van der Waals surface area contributed by atoms with Crippen LogP contribution in [-0.4, -0.2) is 42.3 Å². The Morgan fingerprint density at radius 2 is 2.07 bits per heavy atom. The van der Waals surface area contributed by atoms with Crippen molar-refractivity contribution in [1.29, 1.82) is 0 Å². The lowest BCUT2D eigenvalue weighted by atomic mass is 10.2. The largest absolute Gasteiger partial charge is 0.444 e. The Balaban J connectivity index is 2.54. The molecule has 0 unspecified atom stereocenters. The van der Waals surface area contributed by atoms with Crippen LogP contribution in [0, 0.1) is 0 Å². The average Bonchev–Trinajstić information content (AvgIpc) is 2.43. The van der Waals surface area contributed by atoms with Crippen LogP contribution in [0.2, 0.25) is 0 Å². The van der Waals surface area contributed by atoms with Gasteiger partial charge in [-0.3, -0.25) is 0 Å². The quantitative estimate of drug-likeness (QED) is 0.721. The molecule has 1 heterocycles. The molecule has 0 aromatic heterocycles. The molecule has 1 fully saturated rings. The zero-order chi connectivity index (χ0) is 11.6. The second kappa shape index (κ2) is 4.39. The number of nitrogens with zero attached hydrogens (tertiary/aromatic N) is 1. The van der Waals surface area contributed by atoms with E-state index < -0.39 is 5.60 Å². The Morgan fingerprint density at radius 3 is 2.47 bits per heavy atom. The number of carbonyl (C=O) groups excluding carboxylic acids is 1. The van der Waals surface area contributed by atoms with Crippen molar-refractivity contribution in [3.63, 3.8) is 0 Å². The summed E-state index contributed by atoms with van der Waals surface area (Å²) in [4.78, 5) is 13.6. The van der Waals surface area contributed by atoms with Gasteiger partial charge in [0.25, 0.3) is 0 Å². The van der Waals surface area contributed by atoms with E-state index in [2.05, 4.69) is 12.2 Å².